The Bertz CT molecular complexity index is 811. The molecule has 0 saturated carbocycles. The van der Waals surface area contributed by atoms with E-state index in [1.54, 1.807) is 12.1 Å². The number of hydrogen-bond donors (Lipinski definition) is 0. The van der Waals surface area contributed by atoms with Crippen LogP contribution < -0.4 is 9.47 Å². The van der Waals surface area contributed by atoms with Gasteiger partial charge in [0.05, 0.1) is 6.42 Å². The van der Waals surface area contributed by atoms with Crippen molar-refractivity contribution in [2.45, 2.75) is 13.3 Å². The number of ether oxygens (including phenoxy) is 2. The number of benzene rings is 3. The second-order valence-electron chi connectivity index (χ2n) is 5.47. The van der Waals surface area contributed by atoms with E-state index in [1.165, 1.54) is 0 Å². The van der Waals surface area contributed by atoms with Crippen molar-refractivity contribution in [2.24, 2.45) is 0 Å². The van der Waals surface area contributed by atoms with Gasteiger partial charge in [-0.25, -0.2) is 0 Å². The molecule has 0 aromatic heterocycles. The van der Waals surface area contributed by atoms with E-state index in [-0.39, 0.29) is 12.4 Å². The highest BCUT2D eigenvalue weighted by Crippen LogP contribution is 2.24. The number of rotatable bonds is 5. The second-order valence-corrected chi connectivity index (χ2v) is 5.47. The van der Waals surface area contributed by atoms with Crippen LogP contribution in [-0.4, -0.2) is 5.97 Å². The van der Waals surface area contributed by atoms with Crippen LogP contribution in [0.15, 0.2) is 78.9 Å². The molecule has 0 spiro atoms. The summed E-state index contributed by atoms with van der Waals surface area (Å²) in [6, 6.07) is 24.4. The smallest absolute Gasteiger partial charge is 0.315 e. The van der Waals surface area contributed by atoms with Crippen LogP contribution in [0.4, 0.5) is 0 Å². The van der Waals surface area contributed by atoms with Gasteiger partial charge in [-0.15, -0.1) is 0 Å². The van der Waals surface area contributed by atoms with Crippen LogP contribution in [0.3, 0.4) is 0 Å². The fraction of sp³-hybridized carbons (Fsp3) is 0.0952. The van der Waals surface area contributed by atoms with Gasteiger partial charge in [-0.1, -0.05) is 42.5 Å². The first kappa shape index (κ1) is 15.8. The lowest BCUT2D eigenvalue weighted by Gasteiger charge is -2.10. The predicted molar refractivity (Wildman–Crippen MR) is 93.5 cm³/mol. The molecule has 0 atom stereocenters. The summed E-state index contributed by atoms with van der Waals surface area (Å²) < 4.78 is 11.1. The maximum absolute atomic E-state index is 12.1. The maximum atomic E-state index is 12.1. The lowest BCUT2D eigenvalue weighted by atomic mass is 10.1. The van der Waals surface area contributed by atoms with Crippen LogP contribution >= 0.6 is 0 Å². The van der Waals surface area contributed by atoms with E-state index in [0.29, 0.717) is 5.75 Å². The summed E-state index contributed by atoms with van der Waals surface area (Å²) in [6.07, 6.45) is 0.229. The third-order valence-electron chi connectivity index (χ3n) is 3.60. The number of carbonyl (C=O) groups is 1. The average Bonchev–Trinajstić information content (AvgIpc) is 2.59. The molecule has 120 valence electrons. The zero-order valence-corrected chi connectivity index (χ0v) is 13.4. The van der Waals surface area contributed by atoms with Gasteiger partial charge in [0.2, 0.25) is 0 Å². The minimum Gasteiger partial charge on any atom is -0.457 e. The first-order valence-electron chi connectivity index (χ1n) is 7.79. The molecule has 3 rings (SSSR count). The Hall–Kier alpha value is -3.07. The summed E-state index contributed by atoms with van der Waals surface area (Å²) in [5.74, 6) is 1.82. The largest absolute Gasteiger partial charge is 0.457 e. The number of aryl methyl sites for hydroxylation is 1. The Labute approximate surface area is 141 Å². The monoisotopic (exact) mass is 318 g/mol. The fourth-order valence-corrected chi connectivity index (χ4v) is 2.37. The predicted octanol–water partition coefficient (Wildman–Crippen LogP) is 4.94. The average molecular weight is 318 g/mol. The van der Waals surface area contributed by atoms with Gasteiger partial charge in [0.15, 0.2) is 0 Å². The topological polar surface area (TPSA) is 35.5 Å². The van der Waals surface area contributed by atoms with Crippen molar-refractivity contribution in [3.8, 4) is 17.2 Å². The first-order chi connectivity index (χ1) is 11.7. The highest BCUT2D eigenvalue weighted by atomic mass is 16.5. The van der Waals surface area contributed by atoms with E-state index in [2.05, 4.69) is 0 Å². The van der Waals surface area contributed by atoms with Gasteiger partial charge in [-0.2, -0.15) is 0 Å². The van der Waals surface area contributed by atoms with Gasteiger partial charge in [-0.05, 0) is 54.4 Å². The number of carbonyl (C=O) groups excluding carboxylic acids is 1. The molecule has 3 heteroatoms. The molecular formula is C21H18O3. The highest BCUT2D eigenvalue weighted by molar-refractivity contribution is 5.75. The van der Waals surface area contributed by atoms with E-state index in [1.807, 2.05) is 73.7 Å². The number of esters is 1. The van der Waals surface area contributed by atoms with Crippen molar-refractivity contribution < 1.29 is 14.3 Å². The van der Waals surface area contributed by atoms with Crippen molar-refractivity contribution in [3.05, 3.63) is 90.0 Å². The first-order valence-corrected chi connectivity index (χ1v) is 7.79. The van der Waals surface area contributed by atoms with Crippen molar-refractivity contribution in [1.29, 1.82) is 0 Å². The zero-order chi connectivity index (χ0) is 16.8. The SMILES string of the molecule is Cc1cc(Oc2ccccc2)ccc1CC(=O)Oc1ccccc1. The number of hydrogen-bond acceptors (Lipinski definition) is 3. The van der Waals surface area contributed by atoms with Crippen LogP contribution in [0, 0.1) is 6.92 Å². The van der Waals surface area contributed by atoms with Crippen molar-refractivity contribution in [1.82, 2.24) is 0 Å². The molecule has 0 radical (unpaired) electrons. The Morgan fingerprint density at radius 3 is 2.04 bits per heavy atom. The highest BCUT2D eigenvalue weighted by Gasteiger charge is 2.09. The molecule has 0 fully saturated rings. The van der Waals surface area contributed by atoms with Crippen molar-refractivity contribution in [3.63, 3.8) is 0 Å². The van der Waals surface area contributed by atoms with Crippen molar-refractivity contribution in [2.75, 3.05) is 0 Å². The van der Waals surface area contributed by atoms with Gasteiger partial charge >= 0.3 is 5.97 Å². The minimum atomic E-state index is -0.277. The summed E-state index contributed by atoms with van der Waals surface area (Å²) in [5.41, 5.74) is 1.92. The molecule has 0 saturated heterocycles. The molecule has 24 heavy (non-hydrogen) atoms. The Kier molecular flexibility index (Phi) is 4.92. The quantitative estimate of drug-likeness (QED) is 0.494. The molecule has 0 aliphatic carbocycles. The van der Waals surface area contributed by atoms with Crippen LogP contribution in [-0.2, 0) is 11.2 Å². The summed E-state index contributed by atoms with van der Waals surface area (Å²) in [5, 5.41) is 0. The molecule has 0 amide bonds. The van der Waals surface area contributed by atoms with Crippen LogP contribution in [0.25, 0.3) is 0 Å². The molecule has 0 aliphatic rings. The summed E-state index contributed by atoms with van der Waals surface area (Å²) in [7, 11) is 0. The maximum Gasteiger partial charge on any atom is 0.315 e. The second kappa shape index (κ2) is 7.47. The van der Waals surface area contributed by atoms with Crippen LogP contribution in [0.1, 0.15) is 11.1 Å². The van der Waals surface area contributed by atoms with E-state index in [4.69, 9.17) is 9.47 Å². The molecule has 3 aromatic carbocycles. The Balaban J connectivity index is 1.65. The summed E-state index contributed by atoms with van der Waals surface area (Å²) >= 11 is 0. The molecule has 0 heterocycles. The third-order valence-corrected chi connectivity index (χ3v) is 3.60. The molecule has 0 bridgehead atoms. The summed E-state index contributed by atoms with van der Waals surface area (Å²) in [6.45, 7) is 1.96. The van der Waals surface area contributed by atoms with Crippen LogP contribution in [0.2, 0.25) is 0 Å². The molecule has 0 N–H and O–H groups in total. The van der Waals surface area contributed by atoms with Gasteiger partial charge in [0.25, 0.3) is 0 Å². The Morgan fingerprint density at radius 1 is 0.792 bits per heavy atom. The fourth-order valence-electron chi connectivity index (χ4n) is 2.37. The van der Waals surface area contributed by atoms with E-state index < -0.39 is 0 Å². The summed E-state index contributed by atoms with van der Waals surface area (Å²) in [4.78, 5) is 12.1. The molecule has 3 nitrogen and oxygen atoms in total. The van der Waals surface area contributed by atoms with Gasteiger partial charge in [0.1, 0.15) is 17.2 Å². The normalized spacial score (nSPS) is 10.2. The lowest BCUT2D eigenvalue weighted by Crippen LogP contribution is -2.12. The zero-order valence-electron chi connectivity index (χ0n) is 13.4. The molecule has 0 aliphatic heterocycles. The van der Waals surface area contributed by atoms with E-state index in [0.717, 1.165) is 22.6 Å². The molecular weight excluding hydrogens is 300 g/mol. The van der Waals surface area contributed by atoms with Gasteiger partial charge < -0.3 is 9.47 Å². The van der Waals surface area contributed by atoms with E-state index in [9.17, 15) is 4.79 Å². The molecule has 0 unspecified atom stereocenters. The minimum absolute atomic E-state index is 0.229. The standard InChI is InChI=1S/C21H18O3/c1-16-14-20(23-18-8-4-2-5-9-18)13-12-17(16)15-21(22)24-19-10-6-3-7-11-19/h2-14H,15H2,1H3. The number of para-hydroxylation sites is 2. The van der Waals surface area contributed by atoms with E-state index >= 15 is 0 Å². The molecule has 3 aromatic rings. The van der Waals surface area contributed by atoms with Gasteiger partial charge in [0, 0.05) is 0 Å². The lowest BCUT2D eigenvalue weighted by molar-refractivity contribution is -0.133. The van der Waals surface area contributed by atoms with Crippen molar-refractivity contribution >= 4 is 5.97 Å². The third kappa shape index (κ3) is 4.23. The Morgan fingerprint density at radius 2 is 1.42 bits per heavy atom. The van der Waals surface area contributed by atoms with Crippen LogP contribution in [0.5, 0.6) is 17.2 Å². The van der Waals surface area contributed by atoms with Gasteiger partial charge in [-0.3, -0.25) is 4.79 Å².